The fourth-order valence-corrected chi connectivity index (χ4v) is 4.54. The van der Waals surface area contributed by atoms with E-state index in [4.69, 9.17) is 10.7 Å². The third-order valence-corrected chi connectivity index (χ3v) is 6.42. The number of fused-ring (bicyclic) bond motifs is 1. The third-order valence-electron chi connectivity index (χ3n) is 6.42. The van der Waals surface area contributed by atoms with E-state index in [0.29, 0.717) is 5.56 Å². The Hall–Kier alpha value is -3.47. The van der Waals surface area contributed by atoms with Crippen LogP contribution in [0.5, 0.6) is 0 Å². The molecule has 5 rings (SSSR count). The molecule has 1 fully saturated rings. The van der Waals surface area contributed by atoms with E-state index in [9.17, 15) is 5.26 Å². The molecule has 0 amide bonds. The highest BCUT2D eigenvalue weighted by atomic mass is 15.4. The number of aryl methyl sites for hydroxylation is 1. The maximum atomic E-state index is 9.22. The topological polar surface area (TPSA) is 86.5 Å². The van der Waals surface area contributed by atoms with Crippen LogP contribution in [0.1, 0.15) is 29.5 Å². The zero-order valence-electron chi connectivity index (χ0n) is 18.4. The molecule has 32 heavy (non-hydrogen) atoms. The first-order valence-electron chi connectivity index (χ1n) is 11.0. The number of imidazole rings is 1. The van der Waals surface area contributed by atoms with Crippen LogP contribution in [-0.2, 0) is 7.05 Å². The van der Waals surface area contributed by atoms with Gasteiger partial charge in [0.05, 0.1) is 34.7 Å². The molecule has 0 spiro atoms. The second-order valence-electron chi connectivity index (χ2n) is 8.65. The fourth-order valence-electron chi connectivity index (χ4n) is 4.54. The normalized spacial score (nSPS) is 20.2. The van der Waals surface area contributed by atoms with Gasteiger partial charge in [-0.1, -0.05) is 18.2 Å². The smallest absolute Gasteiger partial charge is 0.178 e. The van der Waals surface area contributed by atoms with Crippen LogP contribution in [0.3, 0.4) is 0 Å². The number of benzene rings is 2. The quantitative estimate of drug-likeness (QED) is 0.697. The average molecular weight is 426 g/mol. The van der Waals surface area contributed by atoms with Gasteiger partial charge in [0.25, 0.3) is 0 Å². The van der Waals surface area contributed by atoms with Gasteiger partial charge in [0.1, 0.15) is 0 Å². The summed E-state index contributed by atoms with van der Waals surface area (Å²) in [5.41, 5.74) is 12.9. The van der Waals surface area contributed by atoms with Crippen LogP contribution in [0.15, 0.2) is 60.0 Å². The van der Waals surface area contributed by atoms with Crippen LogP contribution in [0.4, 0.5) is 0 Å². The van der Waals surface area contributed by atoms with Gasteiger partial charge in [-0.2, -0.15) is 5.26 Å². The summed E-state index contributed by atoms with van der Waals surface area (Å²) < 4.78 is 2.02. The van der Waals surface area contributed by atoms with E-state index < -0.39 is 0 Å². The van der Waals surface area contributed by atoms with Crippen molar-refractivity contribution in [1.82, 2.24) is 19.4 Å². The molecular weight excluding hydrogens is 398 g/mol. The first-order chi connectivity index (χ1) is 15.5. The number of nitrogens with two attached hydrogens (primary N) is 1. The summed E-state index contributed by atoms with van der Waals surface area (Å²) in [7, 11) is 4.08. The number of rotatable bonds is 3. The number of allylic oxidation sites excluding steroid dienone is 1. The van der Waals surface area contributed by atoms with E-state index in [1.807, 2.05) is 42.2 Å². The second kappa shape index (κ2) is 8.23. The van der Waals surface area contributed by atoms with E-state index in [0.717, 1.165) is 59.4 Å². The van der Waals surface area contributed by atoms with Crippen molar-refractivity contribution in [1.29, 1.82) is 5.26 Å². The summed E-state index contributed by atoms with van der Waals surface area (Å²) in [5, 5.41) is 9.22. The van der Waals surface area contributed by atoms with E-state index in [1.165, 1.54) is 0 Å². The molecule has 0 saturated carbocycles. The van der Waals surface area contributed by atoms with E-state index in [-0.39, 0.29) is 12.3 Å². The molecule has 162 valence electrons. The van der Waals surface area contributed by atoms with Crippen molar-refractivity contribution in [2.75, 3.05) is 20.1 Å². The fraction of sp³-hybridized carbons (Fsp3) is 0.320. The van der Waals surface area contributed by atoms with Crippen LogP contribution >= 0.6 is 0 Å². The summed E-state index contributed by atoms with van der Waals surface area (Å²) >= 11 is 0. The highest BCUT2D eigenvalue weighted by Gasteiger charge is 2.30. The van der Waals surface area contributed by atoms with Crippen molar-refractivity contribution in [3.05, 3.63) is 71.7 Å². The molecule has 3 heterocycles. The highest BCUT2D eigenvalue weighted by Crippen LogP contribution is 2.30. The maximum absolute atomic E-state index is 9.22. The summed E-state index contributed by atoms with van der Waals surface area (Å²) in [4.78, 5) is 14.3. The van der Waals surface area contributed by atoms with Gasteiger partial charge < -0.3 is 15.2 Å². The predicted molar refractivity (Wildman–Crippen MR) is 127 cm³/mol. The molecule has 1 saturated heterocycles. The molecule has 3 aromatic rings. The number of likely N-dealkylation sites (tertiary alicyclic amines) is 1. The summed E-state index contributed by atoms with van der Waals surface area (Å²) in [6.07, 6.45) is 5.92. The monoisotopic (exact) mass is 425 g/mol. The summed E-state index contributed by atoms with van der Waals surface area (Å²) in [5.74, 6) is 0. The number of hydrogen-bond donors (Lipinski definition) is 1. The largest absolute Gasteiger partial charge is 0.346 e. The molecule has 1 aromatic heterocycles. The number of nitriles is 1. The van der Waals surface area contributed by atoms with Crippen molar-refractivity contribution >= 4 is 22.3 Å². The van der Waals surface area contributed by atoms with Crippen molar-refractivity contribution in [3.63, 3.8) is 0 Å². The van der Waals surface area contributed by atoms with Crippen molar-refractivity contribution in [2.45, 2.75) is 25.2 Å². The first-order valence-corrected chi connectivity index (χ1v) is 11.0. The number of aliphatic imine (C=N–C) groups is 1. The lowest BCUT2D eigenvalue weighted by Gasteiger charge is -2.41. The van der Waals surface area contributed by atoms with Crippen molar-refractivity contribution in [2.24, 2.45) is 17.8 Å². The Morgan fingerprint density at radius 3 is 2.47 bits per heavy atom. The van der Waals surface area contributed by atoms with Crippen LogP contribution in [0.2, 0.25) is 0 Å². The molecular formula is C25H27N7. The molecule has 0 aliphatic carbocycles. The van der Waals surface area contributed by atoms with E-state index in [2.05, 4.69) is 52.3 Å². The molecule has 7 nitrogen and oxygen atoms in total. The minimum absolute atomic E-state index is 0.0736. The Morgan fingerprint density at radius 1 is 1.03 bits per heavy atom. The summed E-state index contributed by atoms with van der Waals surface area (Å²) in [6.45, 7) is 1.87. The SMILES string of the molecule is CN1C=C(c2ccc3c(c2)ncn3C)C(c2ccc(C#N)cc2)=NC1N1CCC(N)CC1. The van der Waals surface area contributed by atoms with Gasteiger partial charge in [0, 0.05) is 50.6 Å². The molecule has 0 bridgehead atoms. The number of nitrogens with zero attached hydrogens (tertiary/aromatic N) is 6. The molecule has 2 aromatic carbocycles. The Morgan fingerprint density at radius 2 is 1.75 bits per heavy atom. The van der Waals surface area contributed by atoms with E-state index >= 15 is 0 Å². The van der Waals surface area contributed by atoms with Crippen LogP contribution in [-0.4, -0.2) is 57.5 Å². The minimum Gasteiger partial charge on any atom is -0.346 e. The molecule has 2 aliphatic rings. The Labute approximate surface area is 188 Å². The van der Waals surface area contributed by atoms with E-state index in [1.54, 1.807) is 0 Å². The Bertz CT molecular complexity index is 1240. The van der Waals surface area contributed by atoms with Gasteiger partial charge in [-0.3, -0.25) is 4.90 Å². The van der Waals surface area contributed by atoms with Gasteiger partial charge in [-0.05, 0) is 42.7 Å². The number of piperidine rings is 1. The zero-order chi connectivity index (χ0) is 22.2. The average Bonchev–Trinajstić information content (AvgIpc) is 3.20. The summed E-state index contributed by atoms with van der Waals surface area (Å²) in [6, 6.07) is 16.5. The Balaban J connectivity index is 1.58. The van der Waals surface area contributed by atoms with Gasteiger partial charge in [0.15, 0.2) is 6.29 Å². The van der Waals surface area contributed by atoms with Gasteiger partial charge >= 0.3 is 0 Å². The lowest BCUT2D eigenvalue weighted by molar-refractivity contribution is 0.0743. The Kier molecular flexibility index (Phi) is 5.25. The van der Waals surface area contributed by atoms with Gasteiger partial charge in [-0.25, -0.2) is 9.98 Å². The van der Waals surface area contributed by atoms with Gasteiger partial charge in [0.2, 0.25) is 0 Å². The lowest BCUT2D eigenvalue weighted by atomic mass is 9.94. The molecule has 0 radical (unpaired) electrons. The van der Waals surface area contributed by atoms with Crippen molar-refractivity contribution < 1.29 is 0 Å². The second-order valence-corrected chi connectivity index (χ2v) is 8.65. The molecule has 7 heteroatoms. The molecule has 2 N–H and O–H groups in total. The highest BCUT2D eigenvalue weighted by molar-refractivity contribution is 6.32. The molecule has 1 atom stereocenters. The minimum atomic E-state index is -0.0736. The molecule has 2 aliphatic heterocycles. The van der Waals surface area contributed by atoms with Crippen LogP contribution < -0.4 is 5.73 Å². The zero-order valence-corrected chi connectivity index (χ0v) is 18.4. The lowest BCUT2D eigenvalue weighted by Crippen LogP contribution is -2.51. The first kappa shape index (κ1) is 20.4. The van der Waals surface area contributed by atoms with Crippen LogP contribution in [0, 0.1) is 11.3 Å². The van der Waals surface area contributed by atoms with Crippen molar-refractivity contribution in [3.8, 4) is 6.07 Å². The maximum Gasteiger partial charge on any atom is 0.178 e. The molecule has 1 unspecified atom stereocenters. The standard InChI is InChI=1S/C25H27N7/c1-30-15-21(19-7-8-23-22(13-19)28-16-31(23)2)24(18-5-3-17(14-26)4-6-18)29-25(30)32-11-9-20(27)10-12-32/h3-8,13,15-16,20,25H,9-12,27H2,1-2H3. The van der Waals surface area contributed by atoms with Crippen LogP contribution in [0.25, 0.3) is 16.6 Å². The number of hydrogen-bond acceptors (Lipinski definition) is 6. The predicted octanol–water partition coefficient (Wildman–Crippen LogP) is 2.93. The van der Waals surface area contributed by atoms with Gasteiger partial charge in [-0.15, -0.1) is 0 Å². The number of aromatic nitrogens is 2. The third kappa shape index (κ3) is 3.68.